The summed E-state index contributed by atoms with van der Waals surface area (Å²) in [6, 6.07) is 0. The first-order chi connectivity index (χ1) is 5.66. The summed E-state index contributed by atoms with van der Waals surface area (Å²) in [5.41, 5.74) is 0. The summed E-state index contributed by atoms with van der Waals surface area (Å²) in [5.74, 6) is -1.39. The highest BCUT2D eigenvalue weighted by Gasteiger charge is 2.21. The van der Waals surface area contributed by atoms with E-state index in [0.29, 0.717) is 6.54 Å². The summed E-state index contributed by atoms with van der Waals surface area (Å²) in [6.07, 6.45) is -0.146. The molecule has 0 amide bonds. The van der Waals surface area contributed by atoms with Gasteiger partial charge in [0.05, 0.1) is 0 Å². The minimum Gasteiger partial charge on any atom is -0.329 e. The molecule has 0 N–H and O–H groups in total. The van der Waals surface area contributed by atoms with Gasteiger partial charge in [-0.2, -0.15) is 0 Å². The lowest BCUT2D eigenvalue weighted by Gasteiger charge is -2.01. The molecule has 1 aromatic heterocycles. The minimum atomic E-state index is -2.97. The Morgan fingerprint density at radius 1 is 1.75 bits per heavy atom. The van der Waals surface area contributed by atoms with Gasteiger partial charge in [0.25, 0.3) is 5.78 Å². The smallest absolute Gasteiger partial charge is 0.303 e. The first-order valence-corrected chi connectivity index (χ1v) is 3.50. The van der Waals surface area contributed by atoms with Crippen LogP contribution in [0.4, 0.5) is 8.78 Å². The number of aryl methyl sites for hydroxylation is 1. The van der Waals surface area contributed by atoms with Gasteiger partial charge in [-0.1, -0.05) is 0 Å². The number of ketones is 1. The average Bonchev–Trinajstić information content (AvgIpc) is 2.49. The molecule has 0 saturated heterocycles. The van der Waals surface area contributed by atoms with Crippen molar-refractivity contribution in [3.63, 3.8) is 0 Å². The van der Waals surface area contributed by atoms with E-state index in [0.717, 1.165) is 0 Å². The van der Waals surface area contributed by atoms with E-state index in [1.54, 1.807) is 6.92 Å². The van der Waals surface area contributed by atoms with Crippen LogP contribution in [0.25, 0.3) is 0 Å². The Labute approximate surface area is 68.0 Å². The standard InChI is InChI=1S/C7H8F2N2O/c1-2-11-4-3-10-7(11)5(12)6(8)9/h3-4,6H,2H2,1H3. The molecule has 0 spiro atoms. The lowest BCUT2D eigenvalue weighted by atomic mass is 10.4. The van der Waals surface area contributed by atoms with Gasteiger partial charge >= 0.3 is 6.43 Å². The van der Waals surface area contributed by atoms with E-state index in [9.17, 15) is 13.6 Å². The molecular formula is C7H8F2N2O. The van der Waals surface area contributed by atoms with Crippen LogP contribution in [0.5, 0.6) is 0 Å². The van der Waals surface area contributed by atoms with Gasteiger partial charge in [0.15, 0.2) is 5.82 Å². The van der Waals surface area contributed by atoms with Crippen molar-refractivity contribution >= 4 is 5.78 Å². The maximum atomic E-state index is 11.9. The van der Waals surface area contributed by atoms with Crippen LogP contribution < -0.4 is 0 Å². The Balaban J connectivity index is 2.94. The average molecular weight is 174 g/mol. The zero-order chi connectivity index (χ0) is 9.14. The summed E-state index contributed by atoms with van der Waals surface area (Å²) >= 11 is 0. The zero-order valence-electron chi connectivity index (χ0n) is 6.50. The number of rotatable bonds is 3. The molecule has 66 valence electrons. The van der Waals surface area contributed by atoms with E-state index >= 15 is 0 Å². The number of carbonyl (C=O) groups is 1. The molecule has 0 fully saturated rings. The molecule has 0 aromatic carbocycles. The van der Waals surface area contributed by atoms with Gasteiger partial charge in [0.2, 0.25) is 0 Å². The number of hydrogen-bond donors (Lipinski definition) is 0. The fraction of sp³-hybridized carbons (Fsp3) is 0.429. The Hall–Kier alpha value is -1.26. The van der Waals surface area contributed by atoms with E-state index in [1.165, 1.54) is 17.0 Å². The molecule has 0 aliphatic heterocycles. The first kappa shape index (κ1) is 8.83. The minimum absolute atomic E-state index is 0.174. The van der Waals surface area contributed by atoms with Crippen LogP contribution in [0.3, 0.4) is 0 Å². The number of carbonyl (C=O) groups excluding carboxylic acids is 1. The predicted octanol–water partition coefficient (Wildman–Crippen LogP) is 1.35. The molecule has 1 rings (SSSR count). The molecule has 12 heavy (non-hydrogen) atoms. The molecule has 1 heterocycles. The van der Waals surface area contributed by atoms with E-state index in [2.05, 4.69) is 4.98 Å². The molecule has 3 nitrogen and oxygen atoms in total. The van der Waals surface area contributed by atoms with E-state index in [4.69, 9.17) is 0 Å². The summed E-state index contributed by atoms with van der Waals surface area (Å²) < 4.78 is 25.2. The van der Waals surface area contributed by atoms with Gasteiger partial charge in [-0.05, 0) is 6.92 Å². The highest BCUT2D eigenvalue weighted by molar-refractivity contribution is 5.95. The SMILES string of the molecule is CCn1ccnc1C(=O)C(F)F. The molecule has 0 atom stereocenters. The Morgan fingerprint density at radius 2 is 2.42 bits per heavy atom. The number of aromatic nitrogens is 2. The quantitative estimate of drug-likeness (QED) is 0.648. The maximum absolute atomic E-state index is 11.9. The van der Waals surface area contributed by atoms with Crippen molar-refractivity contribution in [2.45, 2.75) is 19.9 Å². The van der Waals surface area contributed by atoms with Crippen LogP contribution in [0.15, 0.2) is 12.4 Å². The third-order valence-corrected chi connectivity index (χ3v) is 1.47. The van der Waals surface area contributed by atoms with Crippen molar-refractivity contribution in [3.05, 3.63) is 18.2 Å². The van der Waals surface area contributed by atoms with Gasteiger partial charge in [0.1, 0.15) is 0 Å². The van der Waals surface area contributed by atoms with Crippen molar-refractivity contribution in [1.82, 2.24) is 9.55 Å². The second-order valence-corrected chi connectivity index (χ2v) is 2.20. The van der Waals surface area contributed by atoms with Gasteiger partial charge in [-0.15, -0.1) is 0 Å². The third kappa shape index (κ3) is 1.49. The van der Waals surface area contributed by atoms with Crippen molar-refractivity contribution < 1.29 is 13.6 Å². The molecule has 0 saturated carbocycles. The molecule has 0 bridgehead atoms. The van der Waals surface area contributed by atoms with Crippen LogP contribution in [0.2, 0.25) is 0 Å². The molecule has 0 aliphatic rings. The monoisotopic (exact) mass is 174 g/mol. The zero-order valence-corrected chi connectivity index (χ0v) is 6.50. The first-order valence-electron chi connectivity index (χ1n) is 3.50. The second-order valence-electron chi connectivity index (χ2n) is 2.20. The topological polar surface area (TPSA) is 34.9 Å². The van der Waals surface area contributed by atoms with Crippen molar-refractivity contribution in [3.8, 4) is 0 Å². The van der Waals surface area contributed by atoms with Crippen molar-refractivity contribution in [2.24, 2.45) is 0 Å². The molecular weight excluding hydrogens is 166 g/mol. The number of alkyl halides is 2. The number of Topliss-reactive ketones (excluding diaryl/α,β-unsaturated/α-hetero) is 1. The van der Waals surface area contributed by atoms with Gasteiger partial charge < -0.3 is 4.57 Å². The van der Waals surface area contributed by atoms with Crippen molar-refractivity contribution in [1.29, 1.82) is 0 Å². The van der Waals surface area contributed by atoms with Gasteiger partial charge in [-0.3, -0.25) is 4.79 Å². The Morgan fingerprint density at radius 3 is 2.92 bits per heavy atom. The predicted molar refractivity (Wildman–Crippen MR) is 38.2 cm³/mol. The van der Waals surface area contributed by atoms with Crippen LogP contribution in [0.1, 0.15) is 17.5 Å². The largest absolute Gasteiger partial charge is 0.329 e. The Kier molecular flexibility index (Phi) is 2.52. The summed E-state index contributed by atoms with van der Waals surface area (Å²) in [4.78, 5) is 14.3. The van der Waals surface area contributed by atoms with E-state index < -0.39 is 12.2 Å². The van der Waals surface area contributed by atoms with Crippen LogP contribution in [0, 0.1) is 0 Å². The molecule has 1 aromatic rings. The van der Waals surface area contributed by atoms with Gasteiger partial charge in [0, 0.05) is 18.9 Å². The number of halogens is 2. The van der Waals surface area contributed by atoms with Crippen LogP contribution >= 0.6 is 0 Å². The molecule has 0 radical (unpaired) electrons. The maximum Gasteiger partial charge on any atom is 0.303 e. The molecule has 0 aliphatic carbocycles. The third-order valence-electron chi connectivity index (χ3n) is 1.47. The normalized spacial score (nSPS) is 10.7. The number of imidazole rings is 1. The lowest BCUT2D eigenvalue weighted by Crippen LogP contribution is -2.16. The molecule has 5 heteroatoms. The number of nitrogens with zero attached hydrogens (tertiary/aromatic N) is 2. The fourth-order valence-electron chi connectivity index (χ4n) is 0.887. The lowest BCUT2D eigenvalue weighted by molar-refractivity contribution is 0.0662. The van der Waals surface area contributed by atoms with E-state index in [-0.39, 0.29) is 5.82 Å². The highest BCUT2D eigenvalue weighted by Crippen LogP contribution is 2.05. The fourth-order valence-corrected chi connectivity index (χ4v) is 0.887. The molecule has 0 unspecified atom stereocenters. The van der Waals surface area contributed by atoms with E-state index in [1.807, 2.05) is 0 Å². The van der Waals surface area contributed by atoms with Gasteiger partial charge in [-0.25, -0.2) is 13.8 Å². The van der Waals surface area contributed by atoms with Crippen molar-refractivity contribution in [2.75, 3.05) is 0 Å². The van der Waals surface area contributed by atoms with Crippen LogP contribution in [-0.2, 0) is 6.54 Å². The number of hydrogen-bond acceptors (Lipinski definition) is 2. The summed E-state index contributed by atoms with van der Waals surface area (Å²) in [6.45, 7) is 2.22. The second kappa shape index (κ2) is 3.42. The summed E-state index contributed by atoms with van der Waals surface area (Å²) in [5, 5.41) is 0. The Bertz CT molecular complexity index is 283. The van der Waals surface area contributed by atoms with Crippen LogP contribution in [-0.4, -0.2) is 21.8 Å². The summed E-state index contributed by atoms with van der Waals surface area (Å²) in [7, 11) is 0. The highest BCUT2D eigenvalue weighted by atomic mass is 19.3.